The standard InChI is InChI=1S/C60H78N6O6/c1-4-7-10-13-16-19-22-25-40-67-52-34-28-46(29-35-52)55-61-64-58(70-55)49-43-50(59-65-62-56(71-59)47-30-36-53(37-31-47)68-41-26-23-20-17-14-11-8-5-2)45-51(44-49)60-66-63-57(72-60)48-32-38-54(39-33-48)69-42-27-24-21-18-15-12-9-6-3/h28-39,43-45H,4-27,40-42H2,1-3H3. The van der Waals surface area contributed by atoms with Crippen LogP contribution in [0, 0.1) is 0 Å². The van der Waals surface area contributed by atoms with Crippen LogP contribution in [-0.2, 0) is 0 Å². The van der Waals surface area contributed by atoms with E-state index in [2.05, 4.69) is 51.4 Å². The number of unbranched alkanes of at least 4 members (excludes halogenated alkanes) is 21. The van der Waals surface area contributed by atoms with Crippen molar-refractivity contribution < 1.29 is 27.5 Å². The summed E-state index contributed by atoms with van der Waals surface area (Å²) in [6, 6.07) is 28.9. The maximum absolute atomic E-state index is 6.32. The summed E-state index contributed by atoms with van der Waals surface area (Å²) in [7, 11) is 0. The molecule has 0 fully saturated rings. The summed E-state index contributed by atoms with van der Waals surface area (Å²) in [6.07, 6.45) is 30.2. The molecule has 3 heterocycles. The van der Waals surface area contributed by atoms with Crippen molar-refractivity contribution in [3.63, 3.8) is 0 Å². The van der Waals surface area contributed by atoms with Crippen molar-refractivity contribution in [1.29, 1.82) is 0 Å². The van der Waals surface area contributed by atoms with Crippen LogP contribution >= 0.6 is 0 Å². The van der Waals surface area contributed by atoms with Crippen molar-refractivity contribution in [3.8, 4) is 86.0 Å². The molecule has 0 aliphatic heterocycles. The number of ether oxygens (including phenoxy) is 3. The Morgan fingerprint density at radius 1 is 0.264 bits per heavy atom. The second kappa shape index (κ2) is 30.6. The van der Waals surface area contributed by atoms with Crippen molar-refractivity contribution in [3.05, 3.63) is 91.0 Å². The number of aromatic nitrogens is 6. The lowest BCUT2D eigenvalue weighted by Gasteiger charge is -2.07. The van der Waals surface area contributed by atoms with Gasteiger partial charge in [0.1, 0.15) is 17.2 Å². The van der Waals surface area contributed by atoms with Gasteiger partial charge >= 0.3 is 0 Å². The lowest BCUT2D eigenvalue weighted by Crippen LogP contribution is -1.97. The van der Waals surface area contributed by atoms with Crippen molar-refractivity contribution in [2.45, 2.75) is 175 Å². The van der Waals surface area contributed by atoms with Gasteiger partial charge in [-0.05, 0) is 110 Å². The van der Waals surface area contributed by atoms with E-state index in [4.69, 9.17) is 27.5 Å². The molecule has 0 radical (unpaired) electrons. The quantitative estimate of drug-likeness (QED) is 0.0345. The predicted molar refractivity (Wildman–Crippen MR) is 287 cm³/mol. The second-order valence-corrected chi connectivity index (χ2v) is 19.1. The molecule has 12 heteroatoms. The first-order chi connectivity index (χ1) is 35.6. The summed E-state index contributed by atoms with van der Waals surface area (Å²) in [5, 5.41) is 26.7. The van der Waals surface area contributed by atoms with E-state index in [9.17, 15) is 0 Å². The van der Waals surface area contributed by atoms with Gasteiger partial charge in [0, 0.05) is 33.4 Å². The zero-order valence-corrected chi connectivity index (χ0v) is 43.4. The zero-order valence-electron chi connectivity index (χ0n) is 43.4. The van der Waals surface area contributed by atoms with Crippen LogP contribution < -0.4 is 14.2 Å². The molecular formula is C60H78N6O6. The second-order valence-electron chi connectivity index (χ2n) is 19.1. The van der Waals surface area contributed by atoms with E-state index in [1.165, 1.54) is 135 Å². The summed E-state index contributed by atoms with van der Waals surface area (Å²) < 4.78 is 37.1. The van der Waals surface area contributed by atoms with Crippen molar-refractivity contribution in [2.24, 2.45) is 0 Å². The Morgan fingerprint density at radius 3 is 0.708 bits per heavy atom. The minimum atomic E-state index is 0.299. The van der Waals surface area contributed by atoms with Gasteiger partial charge in [0.25, 0.3) is 0 Å². The highest BCUT2D eigenvalue weighted by Gasteiger charge is 2.20. The van der Waals surface area contributed by atoms with E-state index in [-0.39, 0.29) is 0 Å². The van der Waals surface area contributed by atoms with E-state index in [0.29, 0.717) is 71.9 Å². The third-order valence-electron chi connectivity index (χ3n) is 13.1. The summed E-state index contributed by atoms with van der Waals surface area (Å²) >= 11 is 0. The molecule has 0 aliphatic rings. The molecule has 0 saturated heterocycles. The first kappa shape index (κ1) is 53.5. The van der Waals surface area contributed by atoms with Crippen LogP contribution in [0.4, 0.5) is 0 Å². The number of benzene rings is 4. The molecule has 0 aliphatic carbocycles. The minimum absolute atomic E-state index is 0.299. The molecule has 7 rings (SSSR count). The predicted octanol–water partition coefficient (Wildman–Crippen LogP) is 17.4. The Hall–Kier alpha value is -6.30. The molecule has 0 atom stereocenters. The molecular weight excluding hydrogens is 901 g/mol. The Morgan fingerprint density at radius 2 is 0.472 bits per heavy atom. The molecule has 0 spiro atoms. The fourth-order valence-electron chi connectivity index (χ4n) is 8.73. The lowest BCUT2D eigenvalue weighted by atomic mass is 10.1. The smallest absolute Gasteiger partial charge is 0.248 e. The number of nitrogens with zero attached hydrogens (tertiary/aromatic N) is 6. The van der Waals surface area contributed by atoms with Gasteiger partial charge in [-0.1, -0.05) is 156 Å². The summed E-state index contributed by atoms with van der Waals surface area (Å²) in [5.41, 5.74) is 4.18. The molecule has 0 bridgehead atoms. The summed E-state index contributed by atoms with van der Waals surface area (Å²) in [4.78, 5) is 0. The number of hydrogen-bond acceptors (Lipinski definition) is 12. The van der Waals surface area contributed by atoms with Crippen LogP contribution in [0.3, 0.4) is 0 Å². The Kier molecular flexibility index (Phi) is 22.7. The number of hydrogen-bond donors (Lipinski definition) is 0. The highest BCUT2D eigenvalue weighted by atomic mass is 16.5. The third kappa shape index (κ3) is 17.5. The van der Waals surface area contributed by atoms with Crippen molar-refractivity contribution in [1.82, 2.24) is 30.6 Å². The highest BCUT2D eigenvalue weighted by Crippen LogP contribution is 2.35. The van der Waals surface area contributed by atoms with Gasteiger partial charge in [0.05, 0.1) is 19.8 Å². The van der Waals surface area contributed by atoms with E-state index >= 15 is 0 Å². The topological polar surface area (TPSA) is 144 Å². The van der Waals surface area contributed by atoms with E-state index in [1.807, 2.05) is 91.0 Å². The molecule has 7 aromatic rings. The van der Waals surface area contributed by atoms with Gasteiger partial charge in [-0.25, -0.2) is 0 Å². The maximum Gasteiger partial charge on any atom is 0.248 e. The number of rotatable bonds is 36. The SMILES string of the molecule is CCCCCCCCCCOc1ccc(-c2nnc(-c3cc(-c4nnc(-c5ccc(OCCCCCCCCCC)cc5)o4)cc(-c4nnc(-c5ccc(OCCCCCCCCCC)cc5)o4)c3)o2)cc1. The zero-order chi connectivity index (χ0) is 49.8. The molecule has 0 saturated carbocycles. The van der Waals surface area contributed by atoms with E-state index in [1.54, 1.807) is 0 Å². The largest absolute Gasteiger partial charge is 0.494 e. The van der Waals surface area contributed by atoms with Crippen molar-refractivity contribution >= 4 is 0 Å². The van der Waals surface area contributed by atoms with Crippen LogP contribution in [0.2, 0.25) is 0 Å². The molecule has 3 aromatic heterocycles. The monoisotopic (exact) mass is 979 g/mol. The average Bonchev–Trinajstić information content (AvgIpc) is 4.24. The van der Waals surface area contributed by atoms with Gasteiger partial charge in [0.2, 0.25) is 35.3 Å². The third-order valence-corrected chi connectivity index (χ3v) is 13.1. The van der Waals surface area contributed by atoms with Gasteiger partial charge < -0.3 is 27.5 Å². The molecule has 0 unspecified atom stereocenters. The first-order valence-corrected chi connectivity index (χ1v) is 27.5. The Bertz CT molecular complexity index is 2260. The Labute approximate surface area is 428 Å². The lowest BCUT2D eigenvalue weighted by molar-refractivity contribution is 0.304. The maximum atomic E-state index is 6.32. The Balaban J connectivity index is 1.02. The molecule has 12 nitrogen and oxygen atoms in total. The minimum Gasteiger partial charge on any atom is -0.494 e. The summed E-state index contributed by atoms with van der Waals surface area (Å²) in [6.45, 7) is 8.86. The van der Waals surface area contributed by atoms with Crippen molar-refractivity contribution in [2.75, 3.05) is 19.8 Å². The molecule has 4 aromatic carbocycles. The van der Waals surface area contributed by atoms with Crippen LogP contribution in [0.5, 0.6) is 17.2 Å². The van der Waals surface area contributed by atoms with Crippen LogP contribution in [0.15, 0.2) is 104 Å². The fourth-order valence-corrected chi connectivity index (χ4v) is 8.73. The summed E-state index contributed by atoms with van der Waals surface area (Å²) in [5.74, 6) is 4.47. The van der Waals surface area contributed by atoms with Crippen LogP contribution in [0.25, 0.3) is 68.7 Å². The van der Waals surface area contributed by atoms with Crippen LogP contribution in [-0.4, -0.2) is 50.4 Å². The molecule has 72 heavy (non-hydrogen) atoms. The highest BCUT2D eigenvalue weighted by molar-refractivity contribution is 5.74. The first-order valence-electron chi connectivity index (χ1n) is 27.5. The van der Waals surface area contributed by atoms with Gasteiger partial charge in [-0.3, -0.25) is 0 Å². The molecule has 384 valence electrons. The average molecular weight is 979 g/mol. The normalized spacial score (nSPS) is 11.4. The fraction of sp³-hybridized carbons (Fsp3) is 0.500. The van der Waals surface area contributed by atoms with E-state index in [0.717, 1.165) is 53.2 Å². The molecule has 0 N–H and O–H groups in total. The van der Waals surface area contributed by atoms with Gasteiger partial charge in [0.15, 0.2) is 0 Å². The molecule has 0 amide bonds. The van der Waals surface area contributed by atoms with E-state index < -0.39 is 0 Å². The van der Waals surface area contributed by atoms with Gasteiger partial charge in [-0.15, -0.1) is 30.6 Å². The van der Waals surface area contributed by atoms with Crippen LogP contribution in [0.1, 0.15) is 175 Å². The van der Waals surface area contributed by atoms with Gasteiger partial charge in [-0.2, -0.15) is 0 Å².